The van der Waals surface area contributed by atoms with Crippen molar-refractivity contribution in [3.8, 4) is 17.5 Å². The number of nitriles is 1. The Kier molecular flexibility index (Phi) is 5.31. The Balaban J connectivity index is 2.00. The van der Waals surface area contributed by atoms with E-state index in [2.05, 4.69) is 26.3 Å². The molecule has 0 saturated heterocycles. The summed E-state index contributed by atoms with van der Waals surface area (Å²) in [5.74, 6) is 0.560. The van der Waals surface area contributed by atoms with Gasteiger partial charge < -0.3 is 9.97 Å². The fraction of sp³-hybridized carbons (Fsp3) is 0. The number of aromatic nitrogens is 2. The molecule has 0 aliphatic heterocycles. The summed E-state index contributed by atoms with van der Waals surface area (Å²) >= 11 is 9.43. The van der Waals surface area contributed by atoms with E-state index in [0.717, 1.165) is 4.47 Å². The van der Waals surface area contributed by atoms with Crippen LogP contribution in [0.25, 0.3) is 5.69 Å². The second-order valence-corrected chi connectivity index (χ2v) is 6.54. The first kappa shape index (κ1) is 18.0. The van der Waals surface area contributed by atoms with Gasteiger partial charge >= 0.3 is 8.05 Å². The van der Waals surface area contributed by atoms with Crippen LogP contribution in [0.1, 0.15) is 16.1 Å². The van der Waals surface area contributed by atoms with Gasteiger partial charge in [-0.2, -0.15) is 10.4 Å². The average molecular weight is 429 g/mol. The van der Waals surface area contributed by atoms with Crippen LogP contribution in [0.5, 0.6) is 5.75 Å². The molecule has 9 heteroatoms. The summed E-state index contributed by atoms with van der Waals surface area (Å²) in [6.07, 6.45) is 0. The molecule has 0 aliphatic rings. The number of nitrogens with one attached hydrogen (secondary N) is 1. The Morgan fingerprint density at radius 1 is 1.31 bits per heavy atom. The van der Waals surface area contributed by atoms with Crippen LogP contribution in [0.4, 0.5) is 5.82 Å². The van der Waals surface area contributed by atoms with E-state index in [1.165, 1.54) is 10.7 Å². The van der Waals surface area contributed by atoms with Crippen molar-refractivity contribution in [2.24, 2.45) is 0 Å². The minimum atomic E-state index is -0.412. The van der Waals surface area contributed by atoms with Crippen molar-refractivity contribution in [3.05, 3.63) is 69.3 Å². The molecule has 0 radical (unpaired) electrons. The van der Waals surface area contributed by atoms with Gasteiger partial charge in [0.05, 0.1) is 16.3 Å². The molecule has 3 rings (SSSR count). The van der Waals surface area contributed by atoms with Gasteiger partial charge in [0.2, 0.25) is 0 Å². The number of benzene rings is 2. The molecule has 0 bridgehead atoms. The number of hydrogen-bond acceptors (Lipinski definition) is 4. The Morgan fingerprint density at radius 3 is 2.85 bits per heavy atom. The van der Waals surface area contributed by atoms with Gasteiger partial charge in [0.1, 0.15) is 17.6 Å². The molecule has 1 amide bonds. The van der Waals surface area contributed by atoms with Crippen molar-refractivity contribution in [1.29, 1.82) is 5.26 Å². The van der Waals surface area contributed by atoms with Gasteiger partial charge in [0.25, 0.3) is 5.91 Å². The highest BCUT2D eigenvalue weighted by Gasteiger charge is 2.16. The molecule has 1 N–H and O–H groups in total. The second kappa shape index (κ2) is 7.64. The van der Waals surface area contributed by atoms with Crippen molar-refractivity contribution in [1.82, 2.24) is 9.78 Å². The van der Waals surface area contributed by atoms with Crippen molar-refractivity contribution < 1.29 is 9.45 Å². The molecule has 6 nitrogen and oxygen atoms in total. The van der Waals surface area contributed by atoms with Crippen LogP contribution in [0, 0.1) is 11.3 Å². The van der Waals surface area contributed by atoms with Crippen LogP contribution < -0.4 is 9.97 Å². The van der Waals surface area contributed by atoms with E-state index in [9.17, 15) is 4.79 Å². The average Bonchev–Trinajstić information content (AvgIpc) is 3.06. The van der Waals surface area contributed by atoms with Crippen molar-refractivity contribution >= 4 is 47.3 Å². The zero-order chi connectivity index (χ0) is 18.7. The van der Waals surface area contributed by atoms with E-state index in [0.29, 0.717) is 27.8 Å². The highest BCUT2D eigenvalue weighted by molar-refractivity contribution is 9.10. The molecular weight excluding hydrogens is 418 g/mol. The van der Waals surface area contributed by atoms with Gasteiger partial charge in [-0.1, -0.05) is 33.6 Å². The topological polar surface area (TPSA) is 79.9 Å². The minimum Gasteiger partial charge on any atom is -0.568 e. The molecule has 1 heterocycles. The quantitative estimate of drug-likeness (QED) is 0.645. The summed E-state index contributed by atoms with van der Waals surface area (Å²) in [4.78, 5) is 12.6. The van der Waals surface area contributed by atoms with E-state index in [1.54, 1.807) is 50.5 Å². The fourth-order valence-corrected chi connectivity index (χ4v) is 2.88. The van der Waals surface area contributed by atoms with Gasteiger partial charge in [-0.15, -0.1) is 0 Å². The molecule has 1 aromatic heterocycles. The van der Waals surface area contributed by atoms with Crippen LogP contribution in [0.2, 0.25) is 5.02 Å². The summed E-state index contributed by atoms with van der Waals surface area (Å²) in [5, 5.41) is 16.4. The number of rotatable bonds is 4. The SMILES string of the molecule is BOc1cccc(-n2nc(C#N)cc2NC(=O)c2cc(Br)ccc2Cl)c1. The van der Waals surface area contributed by atoms with Crippen LogP contribution in [-0.4, -0.2) is 23.7 Å². The largest absolute Gasteiger partial charge is 0.568 e. The molecule has 2 aromatic carbocycles. The summed E-state index contributed by atoms with van der Waals surface area (Å²) < 4.78 is 7.40. The van der Waals surface area contributed by atoms with E-state index in [1.807, 2.05) is 6.07 Å². The van der Waals surface area contributed by atoms with Gasteiger partial charge in [-0.25, -0.2) is 4.68 Å². The fourth-order valence-electron chi connectivity index (χ4n) is 2.32. The third-order valence-electron chi connectivity index (χ3n) is 3.54. The molecule has 0 spiro atoms. The molecule has 0 saturated carbocycles. The van der Waals surface area contributed by atoms with Crippen molar-refractivity contribution in [2.75, 3.05) is 5.32 Å². The number of carbonyl (C=O) groups excluding carboxylic acids is 1. The van der Waals surface area contributed by atoms with E-state index >= 15 is 0 Å². The molecule has 3 aromatic rings. The third kappa shape index (κ3) is 3.74. The zero-order valence-corrected chi connectivity index (χ0v) is 15.9. The van der Waals surface area contributed by atoms with Crippen molar-refractivity contribution in [2.45, 2.75) is 0 Å². The maximum absolute atomic E-state index is 12.6. The Morgan fingerprint density at radius 2 is 2.12 bits per heavy atom. The third-order valence-corrected chi connectivity index (χ3v) is 4.36. The molecule has 26 heavy (non-hydrogen) atoms. The lowest BCUT2D eigenvalue weighted by molar-refractivity contribution is 0.102. The lowest BCUT2D eigenvalue weighted by atomic mass is 10.2. The molecule has 128 valence electrons. The summed E-state index contributed by atoms with van der Waals surface area (Å²) in [7, 11) is 1.56. The highest BCUT2D eigenvalue weighted by Crippen LogP contribution is 2.24. The lowest BCUT2D eigenvalue weighted by Gasteiger charge is -2.11. The predicted octanol–water partition coefficient (Wildman–Crippen LogP) is 3.34. The van der Waals surface area contributed by atoms with Gasteiger partial charge in [-0.3, -0.25) is 4.79 Å². The smallest absolute Gasteiger partial charge is 0.322 e. The van der Waals surface area contributed by atoms with Gasteiger partial charge in [-0.05, 0) is 30.3 Å². The van der Waals surface area contributed by atoms with Crippen molar-refractivity contribution in [3.63, 3.8) is 0 Å². The van der Waals surface area contributed by atoms with E-state index in [4.69, 9.17) is 21.5 Å². The number of nitrogens with zero attached hydrogens (tertiary/aromatic N) is 3. The van der Waals surface area contributed by atoms with Crippen LogP contribution in [0.3, 0.4) is 0 Å². The first-order chi connectivity index (χ1) is 12.5. The molecule has 0 atom stereocenters. The number of halogens is 2. The lowest BCUT2D eigenvalue weighted by Crippen LogP contribution is -2.15. The first-order valence-corrected chi connectivity index (χ1v) is 8.60. The normalized spacial score (nSPS) is 10.2. The maximum atomic E-state index is 12.6. The molecule has 0 unspecified atom stereocenters. The molecular formula is C17H11BBrClN4O2. The number of anilines is 1. The summed E-state index contributed by atoms with van der Waals surface area (Å²) in [6, 6.07) is 15.6. The Bertz CT molecular complexity index is 1030. The van der Waals surface area contributed by atoms with Crippen LogP contribution in [0.15, 0.2) is 53.0 Å². The van der Waals surface area contributed by atoms with Gasteiger partial charge in [0.15, 0.2) is 5.69 Å². The number of hydrogen-bond donors (Lipinski definition) is 1. The van der Waals surface area contributed by atoms with E-state index < -0.39 is 5.91 Å². The van der Waals surface area contributed by atoms with Crippen LogP contribution in [-0.2, 0) is 0 Å². The molecule has 0 aliphatic carbocycles. The predicted molar refractivity (Wildman–Crippen MR) is 105 cm³/mol. The zero-order valence-electron chi connectivity index (χ0n) is 13.5. The Hall–Kier alpha value is -2.76. The van der Waals surface area contributed by atoms with E-state index in [-0.39, 0.29) is 5.69 Å². The second-order valence-electron chi connectivity index (χ2n) is 5.22. The first-order valence-electron chi connectivity index (χ1n) is 7.43. The number of amides is 1. The molecule has 0 fully saturated rings. The monoisotopic (exact) mass is 428 g/mol. The maximum Gasteiger partial charge on any atom is 0.322 e. The summed E-state index contributed by atoms with van der Waals surface area (Å²) in [6.45, 7) is 0. The summed E-state index contributed by atoms with van der Waals surface area (Å²) in [5.41, 5.74) is 1.11. The standard InChI is InChI=1S/C17H11BBrClN4O2/c18-26-13-3-1-2-12(8-13)24-16(7-11(9-21)23-24)22-17(25)14-6-10(19)4-5-15(14)20/h1-8H,18H2,(H,22,25). The minimum absolute atomic E-state index is 0.170. The number of carbonyl (C=O) groups is 1. The highest BCUT2D eigenvalue weighted by atomic mass is 79.9. The van der Waals surface area contributed by atoms with Crippen LogP contribution >= 0.6 is 27.5 Å². The van der Waals surface area contributed by atoms with Gasteiger partial charge in [0, 0.05) is 16.6 Å². The Labute approximate surface area is 163 Å².